The highest BCUT2D eigenvalue weighted by atomic mass is 35.5. The molecule has 0 aliphatic rings. The first kappa shape index (κ1) is 20.5. The quantitative estimate of drug-likeness (QED) is 0.509. The zero-order valence-corrected chi connectivity index (χ0v) is 15.8. The van der Waals surface area contributed by atoms with Crippen molar-refractivity contribution in [3.63, 3.8) is 0 Å². The number of thioether (sulfide) groups is 1. The summed E-state index contributed by atoms with van der Waals surface area (Å²) in [5.74, 6) is -0.292. The van der Waals surface area contributed by atoms with E-state index < -0.39 is 4.92 Å². The third-order valence-electron chi connectivity index (χ3n) is 3.26. The van der Waals surface area contributed by atoms with Gasteiger partial charge in [-0.2, -0.15) is 0 Å². The predicted octanol–water partition coefficient (Wildman–Crippen LogP) is 3.57. The molecule has 0 fully saturated rings. The Kier molecular flexibility index (Phi) is 7.44. The van der Waals surface area contributed by atoms with Crippen molar-refractivity contribution in [3.8, 4) is 5.75 Å². The van der Waals surface area contributed by atoms with E-state index in [-0.39, 0.29) is 34.8 Å². The van der Waals surface area contributed by atoms with Crippen LogP contribution in [0, 0.1) is 10.1 Å². The molecule has 2 amide bonds. The SMILES string of the molecule is COc1cc([N+](=O)[O-])ccc1NC(=O)CSCC(=O)Nc1ccc(Cl)cc1. The molecule has 2 rings (SSSR count). The predicted molar refractivity (Wildman–Crippen MR) is 106 cm³/mol. The van der Waals surface area contributed by atoms with E-state index in [2.05, 4.69) is 10.6 Å². The van der Waals surface area contributed by atoms with Crippen molar-refractivity contribution in [3.05, 3.63) is 57.6 Å². The van der Waals surface area contributed by atoms with Crippen molar-refractivity contribution in [1.29, 1.82) is 0 Å². The third-order valence-corrected chi connectivity index (χ3v) is 4.45. The Hall–Kier alpha value is -2.78. The Morgan fingerprint density at radius 1 is 1.11 bits per heavy atom. The fourth-order valence-corrected chi connectivity index (χ4v) is 2.79. The van der Waals surface area contributed by atoms with Gasteiger partial charge in [-0.1, -0.05) is 11.6 Å². The summed E-state index contributed by atoms with van der Waals surface area (Å²) in [7, 11) is 1.35. The van der Waals surface area contributed by atoms with Gasteiger partial charge in [0.25, 0.3) is 5.69 Å². The second-order valence-electron chi connectivity index (χ2n) is 5.24. The Labute approximate surface area is 164 Å². The molecule has 0 spiro atoms. The number of hydrogen-bond donors (Lipinski definition) is 2. The smallest absolute Gasteiger partial charge is 0.273 e. The van der Waals surface area contributed by atoms with Crippen LogP contribution in [0.15, 0.2) is 42.5 Å². The second-order valence-corrected chi connectivity index (χ2v) is 6.66. The summed E-state index contributed by atoms with van der Waals surface area (Å²) < 4.78 is 5.06. The molecule has 10 heteroatoms. The summed E-state index contributed by atoms with van der Waals surface area (Å²) in [6.07, 6.45) is 0. The molecule has 2 aromatic rings. The van der Waals surface area contributed by atoms with Gasteiger partial charge in [0.15, 0.2) is 0 Å². The van der Waals surface area contributed by atoms with Crippen molar-refractivity contribution in [2.24, 2.45) is 0 Å². The topological polar surface area (TPSA) is 111 Å². The first-order valence-electron chi connectivity index (χ1n) is 7.64. The van der Waals surface area contributed by atoms with Crippen LogP contribution in [0.4, 0.5) is 17.1 Å². The zero-order chi connectivity index (χ0) is 19.8. The number of methoxy groups -OCH3 is 1. The lowest BCUT2D eigenvalue weighted by Crippen LogP contribution is -2.18. The number of ether oxygens (including phenoxy) is 1. The van der Waals surface area contributed by atoms with Crippen molar-refractivity contribution in [1.82, 2.24) is 0 Å². The van der Waals surface area contributed by atoms with Crippen LogP contribution in [-0.2, 0) is 9.59 Å². The van der Waals surface area contributed by atoms with Gasteiger partial charge in [0.2, 0.25) is 11.8 Å². The van der Waals surface area contributed by atoms with E-state index >= 15 is 0 Å². The van der Waals surface area contributed by atoms with Gasteiger partial charge >= 0.3 is 0 Å². The van der Waals surface area contributed by atoms with E-state index in [9.17, 15) is 19.7 Å². The molecule has 142 valence electrons. The molecule has 2 aromatic carbocycles. The average Bonchev–Trinajstić information content (AvgIpc) is 2.63. The van der Waals surface area contributed by atoms with Crippen LogP contribution in [0.1, 0.15) is 0 Å². The van der Waals surface area contributed by atoms with E-state index in [1.54, 1.807) is 24.3 Å². The number of carbonyl (C=O) groups is 2. The highest BCUT2D eigenvalue weighted by Crippen LogP contribution is 2.29. The molecule has 0 aromatic heterocycles. The zero-order valence-electron chi connectivity index (χ0n) is 14.2. The minimum atomic E-state index is -0.552. The van der Waals surface area contributed by atoms with Crippen LogP contribution in [0.5, 0.6) is 5.75 Å². The summed E-state index contributed by atoms with van der Waals surface area (Å²) in [5.41, 5.74) is 0.794. The van der Waals surface area contributed by atoms with Crippen LogP contribution in [0.25, 0.3) is 0 Å². The van der Waals surface area contributed by atoms with Gasteiger partial charge in [0.1, 0.15) is 5.75 Å². The number of carbonyl (C=O) groups excluding carboxylic acids is 2. The Balaban J connectivity index is 1.81. The summed E-state index contributed by atoms with van der Waals surface area (Å²) in [6, 6.07) is 10.6. The molecule has 0 saturated carbocycles. The molecule has 0 atom stereocenters. The monoisotopic (exact) mass is 409 g/mol. The van der Waals surface area contributed by atoms with E-state index in [0.717, 1.165) is 11.8 Å². The number of anilines is 2. The number of non-ortho nitro benzene ring substituents is 1. The van der Waals surface area contributed by atoms with E-state index in [1.807, 2.05) is 0 Å². The van der Waals surface area contributed by atoms with Gasteiger partial charge in [0, 0.05) is 16.8 Å². The number of nitro groups is 1. The average molecular weight is 410 g/mol. The van der Waals surface area contributed by atoms with Crippen molar-refractivity contribution in [2.45, 2.75) is 0 Å². The summed E-state index contributed by atoms with van der Waals surface area (Å²) in [4.78, 5) is 34.1. The summed E-state index contributed by atoms with van der Waals surface area (Å²) in [5, 5.41) is 16.6. The van der Waals surface area contributed by atoms with Gasteiger partial charge in [-0.05, 0) is 30.3 Å². The van der Waals surface area contributed by atoms with Crippen LogP contribution in [-0.4, -0.2) is 35.4 Å². The molecule has 27 heavy (non-hydrogen) atoms. The number of hydrogen-bond acceptors (Lipinski definition) is 6. The van der Waals surface area contributed by atoms with Crippen molar-refractivity contribution in [2.75, 3.05) is 29.2 Å². The van der Waals surface area contributed by atoms with Gasteiger partial charge < -0.3 is 15.4 Å². The molecule has 2 N–H and O–H groups in total. The van der Waals surface area contributed by atoms with E-state index in [1.165, 1.54) is 25.3 Å². The molecular formula is C17H16ClN3O5S. The van der Waals surface area contributed by atoms with Gasteiger partial charge in [-0.25, -0.2) is 0 Å². The number of nitro benzene ring substituents is 1. The lowest BCUT2D eigenvalue weighted by atomic mass is 10.2. The molecule has 0 unspecified atom stereocenters. The van der Waals surface area contributed by atoms with Gasteiger partial charge in [-0.15, -0.1) is 11.8 Å². The van der Waals surface area contributed by atoms with E-state index in [0.29, 0.717) is 16.4 Å². The maximum absolute atomic E-state index is 12.0. The molecule has 0 saturated heterocycles. The molecule has 0 bridgehead atoms. The molecule has 0 radical (unpaired) electrons. The van der Waals surface area contributed by atoms with Gasteiger partial charge in [-0.3, -0.25) is 19.7 Å². The number of halogens is 1. The number of nitrogens with one attached hydrogen (secondary N) is 2. The minimum Gasteiger partial charge on any atom is -0.494 e. The Morgan fingerprint density at radius 3 is 2.33 bits per heavy atom. The van der Waals surface area contributed by atoms with E-state index in [4.69, 9.17) is 16.3 Å². The number of nitrogens with zero attached hydrogens (tertiary/aromatic N) is 1. The number of benzene rings is 2. The van der Waals surface area contributed by atoms with Crippen LogP contribution in [0.2, 0.25) is 5.02 Å². The fraction of sp³-hybridized carbons (Fsp3) is 0.176. The maximum atomic E-state index is 12.0. The van der Waals surface area contributed by atoms with Gasteiger partial charge in [0.05, 0.1) is 35.3 Å². The lowest BCUT2D eigenvalue weighted by Gasteiger charge is -2.10. The van der Waals surface area contributed by atoms with Crippen LogP contribution < -0.4 is 15.4 Å². The molecule has 0 aliphatic heterocycles. The number of rotatable bonds is 8. The lowest BCUT2D eigenvalue weighted by molar-refractivity contribution is -0.384. The summed E-state index contributed by atoms with van der Waals surface area (Å²) >= 11 is 6.91. The first-order chi connectivity index (χ1) is 12.9. The Morgan fingerprint density at radius 2 is 1.74 bits per heavy atom. The first-order valence-corrected chi connectivity index (χ1v) is 9.17. The highest BCUT2D eigenvalue weighted by molar-refractivity contribution is 8.00. The van der Waals surface area contributed by atoms with Crippen LogP contribution >= 0.6 is 23.4 Å². The van der Waals surface area contributed by atoms with Crippen molar-refractivity contribution >= 4 is 52.2 Å². The highest BCUT2D eigenvalue weighted by Gasteiger charge is 2.14. The van der Waals surface area contributed by atoms with Crippen LogP contribution in [0.3, 0.4) is 0 Å². The standard InChI is InChI=1S/C17H16ClN3O5S/c1-26-15-8-13(21(24)25)6-7-14(15)20-17(23)10-27-9-16(22)19-12-4-2-11(18)3-5-12/h2-8H,9-10H2,1H3,(H,19,22)(H,20,23). The molecule has 0 heterocycles. The molecule has 0 aliphatic carbocycles. The second kappa shape index (κ2) is 9.79. The Bertz CT molecular complexity index is 845. The number of amides is 2. The largest absolute Gasteiger partial charge is 0.494 e. The molecule has 8 nitrogen and oxygen atoms in total. The fourth-order valence-electron chi connectivity index (χ4n) is 2.05. The minimum absolute atomic E-state index is 0.0359. The normalized spacial score (nSPS) is 10.1. The molecular weight excluding hydrogens is 394 g/mol. The third kappa shape index (κ3) is 6.46. The summed E-state index contributed by atoms with van der Waals surface area (Å²) in [6.45, 7) is 0. The van der Waals surface area contributed by atoms with Crippen molar-refractivity contribution < 1.29 is 19.2 Å². The maximum Gasteiger partial charge on any atom is 0.273 e.